The van der Waals surface area contributed by atoms with Crippen molar-refractivity contribution in [1.29, 1.82) is 0 Å². The molecule has 5 rings (SSSR count). The number of phenols is 2. The van der Waals surface area contributed by atoms with Crippen LogP contribution in [0, 0.1) is 0 Å². The fraction of sp³-hybridized carbons (Fsp3) is 0.483. The quantitative estimate of drug-likeness (QED) is 0.0944. The van der Waals surface area contributed by atoms with Gasteiger partial charge in [-0.15, -0.1) is 0 Å². The van der Waals surface area contributed by atoms with Crippen LogP contribution in [-0.4, -0.2) is 140 Å². The van der Waals surface area contributed by atoms with Gasteiger partial charge in [-0.2, -0.15) is 0 Å². The molecular weight excluding hydrogens is 656 g/mol. The van der Waals surface area contributed by atoms with Gasteiger partial charge in [0.1, 0.15) is 65.7 Å². The lowest BCUT2D eigenvalue weighted by molar-refractivity contribution is -0.277. The molecule has 1 unspecified atom stereocenters. The van der Waals surface area contributed by atoms with Crippen molar-refractivity contribution in [1.82, 2.24) is 0 Å². The van der Waals surface area contributed by atoms with E-state index in [-0.39, 0.29) is 69.2 Å². The monoisotopic (exact) mass is 690 g/mol. The molecule has 2 saturated heterocycles. The van der Waals surface area contributed by atoms with E-state index in [1.807, 2.05) is 0 Å². The van der Waals surface area contributed by atoms with Gasteiger partial charge in [-0.05, 0) is 0 Å². The summed E-state index contributed by atoms with van der Waals surface area (Å²) in [6.45, 7) is -1.45. The Hall–Kier alpha value is -3.46. The standard InChI is InChI=1S/C29H34O17.ClH/c1-40-15-3-10(4-16(41-2)20(15)33)27-17(44-29-26(39)24(37)22(35)19(9-31)46-29)7-12-13(42-27)5-11(32)6-14(12)43-28-25(38)23(36)21(34)18(8-30)45-28;/h3-7,18-19,21-26,28-31,34-39H,8-9H2,1-2H3,(H-,32,33);1H/t18-,19+,21-,22+,23?,24-,25-,26+,28-,29+;/m1./s1. The molecule has 2 fully saturated rings. The molecule has 47 heavy (non-hydrogen) atoms. The number of rotatable bonds is 9. The van der Waals surface area contributed by atoms with Crippen LogP contribution in [0.5, 0.6) is 34.5 Å². The van der Waals surface area contributed by atoms with E-state index in [0.29, 0.717) is 0 Å². The number of benzene rings is 2. The Bertz CT molecular complexity index is 1510. The number of halogens is 1. The van der Waals surface area contributed by atoms with Crippen LogP contribution in [-0.2, 0) is 9.47 Å². The summed E-state index contributed by atoms with van der Waals surface area (Å²) >= 11 is 0. The molecule has 0 spiro atoms. The number of hydrogen-bond acceptors (Lipinski definition) is 16. The van der Waals surface area contributed by atoms with Crippen LogP contribution in [0.2, 0.25) is 0 Å². The molecule has 2 aliphatic heterocycles. The highest BCUT2D eigenvalue weighted by atomic mass is 35.5. The zero-order valence-electron chi connectivity index (χ0n) is 24.8. The number of ether oxygens (including phenoxy) is 6. The zero-order valence-corrected chi connectivity index (χ0v) is 25.5. The smallest absolute Gasteiger partial charge is 0.402 e. The second-order valence-electron chi connectivity index (χ2n) is 10.7. The molecular formula is C29H35ClO17. The Balaban J connectivity index is 0.00000500. The maximum atomic E-state index is 10.7. The Kier molecular flexibility index (Phi) is 11.4. The highest BCUT2D eigenvalue weighted by Gasteiger charge is 2.47. The third kappa shape index (κ3) is 6.92. The van der Waals surface area contributed by atoms with E-state index in [2.05, 4.69) is 0 Å². The molecule has 2 aliphatic rings. The normalized spacial score (nSPS) is 30.8. The highest BCUT2D eigenvalue weighted by molar-refractivity contribution is 5.89. The molecule has 0 bridgehead atoms. The van der Waals surface area contributed by atoms with Crippen molar-refractivity contribution >= 4 is 11.0 Å². The maximum absolute atomic E-state index is 10.7. The van der Waals surface area contributed by atoms with Gasteiger partial charge >= 0.3 is 11.3 Å². The summed E-state index contributed by atoms with van der Waals surface area (Å²) in [5.41, 5.74) is 0.120. The lowest BCUT2D eigenvalue weighted by Gasteiger charge is -2.39. The largest absolute Gasteiger partial charge is 1.00 e. The molecule has 17 nitrogen and oxygen atoms in total. The van der Waals surface area contributed by atoms with Gasteiger partial charge in [0, 0.05) is 24.3 Å². The molecule has 10 atom stereocenters. The Morgan fingerprint density at radius 1 is 0.638 bits per heavy atom. The Morgan fingerprint density at radius 3 is 1.60 bits per heavy atom. The second-order valence-corrected chi connectivity index (χ2v) is 10.7. The molecule has 18 heteroatoms. The minimum Gasteiger partial charge on any atom is -1.00 e. The van der Waals surface area contributed by atoms with Crippen molar-refractivity contribution in [2.45, 2.75) is 61.4 Å². The first kappa shape index (κ1) is 36.4. The van der Waals surface area contributed by atoms with Crippen molar-refractivity contribution in [2.75, 3.05) is 27.4 Å². The number of fused-ring (bicyclic) bond motifs is 1. The topological polar surface area (TPSA) is 269 Å². The number of aliphatic hydroxyl groups is 8. The van der Waals surface area contributed by atoms with E-state index in [1.54, 1.807) is 0 Å². The van der Waals surface area contributed by atoms with E-state index in [0.717, 1.165) is 6.07 Å². The minimum absolute atomic E-state index is 0. The first-order chi connectivity index (χ1) is 21.9. The van der Waals surface area contributed by atoms with Gasteiger partial charge in [0.05, 0.1) is 39.1 Å². The summed E-state index contributed by atoms with van der Waals surface area (Å²) in [6.07, 6.45) is -16.5. The second kappa shape index (κ2) is 14.8. The number of aliphatic hydroxyl groups excluding tert-OH is 8. The van der Waals surface area contributed by atoms with Crippen LogP contribution in [0.15, 0.2) is 34.7 Å². The van der Waals surface area contributed by atoms with Gasteiger partial charge in [0.2, 0.25) is 24.1 Å². The van der Waals surface area contributed by atoms with Crippen molar-refractivity contribution in [3.8, 4) is 45.8 Å². The minimum atomic E-state index is -1.82. The van der Waals surface area contributed by atoms with E-state index < -0.39 is 74.6 Å². The van der Waals surface area contributed by atoms with Crippen LogP contribution in [0.1, 0.15) is 0 Å². The summed E-state index contributed by atoms with van der Waals surface area (Å²) in [5.74, 6) is -1.32. The lowest BCUT2D eigenvalue weighted by atomic mass is 9.99. The Labute approximate surface area is 272 Å². The summed E-state index contributed by atoms with van der Waals surface area (Å²) in [4.78, 5) is 0. The summed E-state index contributed by atoms with van der Waals surface area (Å²) in [7, 11) is 2.59. The third-order valence-electron chi connectivity index (χ3n) is 7.73. The van der Waals surface area contributed by atoms with Crippen molar-refractivity contribution < 1.29 is 96.3 Å². The van der Waals surface area contributed by atoms with E-state index in [9.17, 15) is 51.1 Å². The van der Waals surface area contributed by atoms with Crippen LogP contribution < -0.4 is 31.4 Å². The first-order valence-corrected chi connectivity index (χ1v) is 14.0. The van der Waals surface area contributed by atoms with Crippen LogP contribution in [0.25, 0.3) is 22.3 Å². The first-order valence-electron chi connectivity index (χ1n) is 14.0. The maximum Gasteiger partial charge on any atom is 0.402 e. The third-order valence-corrected chi connectivity index (χ3v) is 7.73. The molecule has 3 aromatic rings. The molecule has 0 radical (unpaired) electrons. The van der Waals surface area contributed by atoms with Crippen molar-refractivity contribution in [3.63, 3.8) is 0 Å². The fourth-order valence-electron chi connectivity index (χ4n) is 5.16. The van der Waals surface area contributed by atoms with Gasteiger partial charge < -0.3 is 91.9 Å². The molecule has 3 heterocycles. The lowest BCUT2D eigenvalue weighted by Crippen LogP contribution is -3.00. The molecule has 0 saturated carbocycles. The number of phenolic OH excluding ortho intramolecular Hbond substituents is 2. The summed E-state index contributed by atoms with van der Waals surface area (Å²) < 4.78 is 39.3. The molecule has 0 aliphatic carbocycles. The predicted octanol–water partition coefficient (Wildman–Crippen LogP) is -4.83. The van der Waals surface area contributed by atoms with Crippen molar-refractivity contribution in [3.05, 3.63) is 30.3 Å². The molecule has 260 valence electrons. The van der Waals surface area contributed by atoms with Gasteiger partial charge in [-0.3, -0.25) is 0 Å². The fourth-order valence-corrected chi connectivity index (χ4v) is 5.16. The SMILES string of the molecule is COc1cc(-c2[o+]c3cc(O)cc(O[C@@H]4O[C@H](CO)[C@@H](O)C(O)[C@H]4O)c3cc2O[C@H]2O[C@@H](CO)[C@H](O)[C@@H](O)[C@@H]2O)cc(OC)c1O.[Cl-]. The van der Waals surface area contributed by atoms with E-state index in [1.165, 1.54) is 38.5 Å². The van der Waals surface area contributed by atoms with Crippen LogP contribution in [0.3, 0.4) is 0 Å². The molecule has 2 aromatic carbocycles. The highest BCUT2D eigenvalue weighted by Crippen LogP contribution is 2.46. The number of methoxy groups -OCH3 is 2. The Morgan fingerprint density at radius 2 is 1.13 bits per heavy atom. The number of aromatic hydroxyl groups is 2. The summed E-state index contributed by atoms with van der Waals surface area (Å²) in [6, 6.07) is 6.34. The zero-order chi connectivity index (χ0) is 33.4. The molecule has 1 aromatic heterocycles. The average Bonchev–Trinajstić information content (AvgIpc) is 3.05. The van der Waals surface area contributed by atoms with Gasteiger partial charge in [-0.25, -0.2) is 4.42 Å². The van der Waals surface area contributed by atoms with Crippen molar-refractivity contribution in [2.24, 2.45) is 0 Å². The van der Waals surface area contributed by atoms with Gasteiger partial charge in [-0.1, -0.05) is 0 Å². The van der Waals surface area contributed by atoms with Gasteiger partial charge in [0.25, 0.3) is 0 Å². The number of hydrogen-bond donors (Lipinski definition) is 10. The average molecular weight is 691 g/mol. The summed E-state index contributed by atoms with van der Waals surface area (Å²) in [5, 5.41) is 102. The molecule has 10 N–H and O–H groups in total. The van der Waals surface area contributed by atoms with E-state index >= 15 is 0 Å². The molecule has 0 amide bonds. The van der Waals surface area contributed by atoms with Gasteiger partial charge in [0.15, 0.2) is 11.5 Å². The van der Waals surface area contributed by atoms with Crippen LogP contribution >= 0.6 is 0 Å². The van der Waals surface area contributed by atoms with Crippen LogP contribution in [0.4, 0.5) is 0 Å². The van der Waals surface area contributed by atoms with E-state index in [4.69, 9.17) is 32.8 Å². The predicted molar refractivity (Wildman–Crippen MR) is 151 cm³/mol.